The van der Waals surface area contributed by atoms with Gasteiger partial charge in [-0.3, -0.25) is 5.32 Å². The highest BCUT2D eigenvalue weighted by Crippen LogP contribution is 2.37. The van der Waals surface area contributed by atoms with Crippen LogP contribution in [0.15, 0.2) is 72.2 Å². The molecule has 1 unspecified atom stereocenters. The Hall–Kier alpha value is -4.87. The lowest BCUT2D eigenvalue weighted by Crippen LogP contribution is -2.50. The number of hydrogen-bond acceptors (Lipinski definition) is 9. The molecule has 1 amide bonds. The maximum atomic E-state index is 15.1. The quantitative estimate of drug-likeness (QED) is 0.175. The monoisotopic (exact) mass is 651 g/mol. The molecule has 11 heteroatoms. The number of nitrogens with one attached hydrogen (secondary N) is 2. The van der Waals surface area contributed by atoms with E-state index in [-0.39, 0.29) is 24.2 Å². The van der Waals surface area contributed by atoms with Crippen LogP contribution in [0.1, 0.15) is 29.3 Å². The molecule has 47 heavy (non-hydrogen) atoms. The highest BCUT2D eigenvalue weighted by atomic mass is 32.1. The number of carbonyl (C=O) groups excluding carboxylic acids is 1. The van der Waals surface area contributed by atoms with Crippen molar-refractivity contribution in [2.75, 3.05) is 42.2 Å². The Kier molecular flexibility index (Phi) is 9.46. The second-order valence-electron chi connectivity index (χ2n) is 11.9. The van der Waals surface area contributed by atoms with E-state index in [1.807, 2.05) is 17.5 Å². The van der Waals surface area contributed by atoms with Gasteiger partial charge in [0.05, 0.1) is 11.4 Å². The molecule has 3 aromatic carbocycles. The maximum absolute atomic E-state index is 15.1. The van der Waals surface area contributed by atoms with Crippen molar-refractivity contribution in [3.05, 3.63) is 100 Å². The number of hydrogen-bond donors (Lipinski definition) is 2. The van der Waals surface area contributed by atoms with Crippen LogP contribution in [0.3, 0.4) is 0 Å². The number of halogens is 1. The molecule has 6 rings (SSSR count). The van der Waals surface area contributed by atoms with Gasteiger partial charge in [0.2, 0.25) is 5.95 Å². The first-order valence-electron chi connectivity index (χ1n) is 15.6. The summed E-state index contributed by atoms with van der Waals surface area (Å²) in [4.78, 5) is 30.3. The number of nitrogens with zero attached hydrogens (tertiary/aromatic N) is 5. The molecule has 242 valence electrons. The number of ether oxygens (including phenoxy) is 1. The molecule has 0 bridgehead atoms. The summed E-state index contributed by atoms with van der Waals surface area (Å²) in [5.41, 5.74) is 8.84. The van der Waals surface area contributed by atoms with E-state index in [4.69, 9.17) is 9.72 Å². The van der Waals surface area contributed by atoms with Crippen LogP contribution in [0.5, 0.6) is 0 Å². The molecule has 2 aromatic heterocycles. The van der Waals surface area contributed by atoms with Crippen LogP contribution in [0, 0.1) is 26.6 Å². The van der Waals surface area contributed by atoms with Gasteiger partial charge in [-0.15, -0.1) is 11.3 Å². The minimum absolute atomic E-state index is 0.00106. The molecule has 1 saturated heterocycles. The van der Waals surface area contributed by atoms with Gasteiger partial charge < -0.3 is 19.9 Å². The fraction of sp³-hybridized carbons (Fsp3) is 0.278. The van der Waals surface area contributed by atoms with Gasteiger partial charge in [-0.1, -0.05) is 36.4 Å². The van der Waals surface area contributed by atoms with Crippen LogP contribution in [0.25, 0.3) is 21.7 Å². The Morgan fingerprint density at radius 2 is 1.81 bits per heavy atom. The molecule has 0 saturated carbocycles. The minimum Gasteiger partial charge on any atom is -0.443 e. The molecule has 1 atom stereocenters. The summed E-state index contributed by atoms with van der Waals surface area (Å²) in [6, 6.07) is 19.4. The average molecular weight is 652 g/mol. The van der Waals surface area contributed by atoms with Crippen molar-refractivity contribution in [1.29, 1.82) is 0 Å². The highest BCUT2D eigenvalue weighted by Gasteiger charge is 2.23. The molecule has 2 N–H and O–H groups in total. The zero-order valence-corrected chi connectivity index (χ0v) is 28.0. The van der Waals surface area contributed by atoms with Gasteiger partial charge in [-0.2, -0.15) is 4.98 Å². The zero-order valence-electron chi connectivity index (χ0n) is 27.2. The van der Waals surface area contributed by atoms with E-state index >= 15 is 4.39 Å². The van der Waals surface area contributed by atoms with E-state index in [2.05, 4.69) is 89.4 Å². The standard InChI is InChI=1S/C36H38FN7O2S/c1-22-10-12-28(25(4)24(22)3)29-8-6-7-9-30(29)34-39-27(21-47-34)20-46-36(45)42-33-14-15-38-35(41-33)40-26-11-13-32(31(37)18-26)44-17-16-43(5)23(2)19-44/h6-15,18,21,23H,16-17,19-20H2,1-5H3,(H2,38,40,41,42,45). The fourth-order valence-electron chi connectivity index (χ4n) is 5.66. The molecule has 0 radical (unpaired) electrons. The van der Waals surface area contributed by atoms with Gasteiger partial charge in [0, 0.05) is 48.5 Å². The number of piperazine rings is 1. The van der Waals surface area contributed by atoms with Crippen molar-refractivity contribution in [2.24, 2.45) is 0 Å². The van der Waals surface area contributed by atoms with E-state index < -0.39 is 6.09 Å². The normalized spacial score (nSPS) is 15.0. The second-order valence-corrected chi connectivity index (χ2v) is 12.8. The van der Waals surface area contributed by atoms with E-state index in [9.17, 15) is 4.79 Å². The number of likely N-dealkylation sites (N-methyl/N-ethyl adjacent to an activating group) is 1. The third kappa shape index (κ3) is 7.26. The fourth-order valence-corrected chi connectivity index (χ4v) is 6.50. The summed E-state index contributed by atoms with van der Waals surface area (Å²) < 4.78 is 20.5. The molecule has 0 aliphatic carbocycles. The van der Waals surface area contributed by atoms with Crippen molar-refractivity contribution in [2.45, 2.75) is 40.3 Å². The minimum atomic E-state index is -0.674. The number of benzene rings is 3. The number of thiazole rings is 1. The average Bonchev–Trinajstić information content (AvgIpc) is 3.54. The number of anilines is 4. The Balaban J connectivity index is 1.06. The lowest BCUT2D eigenvalue weighted by Gasteiger charge is -2.39. The molecule has 3 heterocycles. The second kappa shape index (κ2) is 13.9. The Bertz CT molecular complexity index is 1910. The Morgan fingerprint density at radius 1 is 1.00 bits per heavy atom. The van der Waals surface area contributed by atoms with Crippen LogP contribution < -0.4 is 15.5 Å². The first-order valence-corrected chi connectivity index (χ1v) is 16.4. The summed E-state index contributed by atoms with van der Waals surface area (Å²) in [6.45, 7) is 11.0. The number of amides is 1. The molecule has 1 aliphatic rings. The predicted molar refractivity (Wildman–Crippen MR) is 187 cm³/mol. The van der Waals surface area contributed by atoms with Crippen LogP contribution in [-0.4, -0.2) is 58.7 Å². The van der Waals surface area contributed by atoms with Crippen molar-refractivity contribution < 1.29 is 13.9 Å². The third-order valence-corrected chi connectivity index (χ3v) is 9.72. The Morgan fingerprint density at radius 3 is 2.60 bits per heavy atom. The van der Waals surface area contributed by atoms with Gasteiger partial charge in [0.15, 0.2) is 0 Å². The summed E-state index contributed by atoms with van der Waals surface area (Å²) in [5.74, 6) is 0.135. The van der Waals surface area contributed by atoms with Crippen molar-refractivity contribution in [3.63, 3.8) is 0 Å². The SMILES string of the molecule is Cc1ccc(-c2ccccc2-c2nc(COC(=O)Nc3ccnc(Nc4ccc(N5CCN(C)C(C)C5)c(F)c4)n3)cs2)c(C)c1C. The summed E-state index contributed by atoms with van der Waals surface area (Å²) in [6.07, 6.45) is 0.829. The smallest absolute Gasteiger partial charge is 0.413 e. The van der Waals surface area contributed by atoms with Gasteiger partial charge in [-0.05, 0) is 86.8 Å². The van der Waals surface area contributed by atoms with Crippen molar-refractivity contribution >= 4 is 40.6 Å². The van der Waals surface area contributed by atoms with Crippen molar-refractivity contribution in [1.82, 2.24) is 19.9 Å². The van der Waals surface area contributed by atoms with E-state index in [0.29, 0.717) is 23.1 Å². The topological polar surface area (TPSA) is 95.5 Å². The predicted octanol–water partition coefficient (Wildman–Crippen LogP) is 7.96. The third-order valence-electron chi connectivity index (χ3n) is 8.80. The summed E-state index contributed by atoms with van der Waals surface area (Å²) in [7, 11) is 2.08. The van der Waals surface area contributed by atoms with Crippen LogP contribution in [0.4, 0.5) is 32.3 Å². The van der Waals surface area contributed by atoms with Gasteiger partial charge in [0.1, 0.15) is 23.2 Å². The summed E-state index contributed by atoms with van der Waals surface area (Å²) >= 11 is 1.51. The largest absolute Gasteiger partial charge is 0.443 e. The number of rotatable bonds is 8. The first kappa shape index (κ1) is 32.1. The molecular formula is C36H38FN7O2S. The lowest BCUT2D eigenvalue weighted by atomic mass is 9.91. The van der Waals surface area contributed by atoms with E-state index in [0.717, 1.165) is 35.8 Å². The lowest BCUT2D eigenvalue weighted by molar-refractivity contribution is 0.154. The van der Waals surface area contributed by atoms with Crippen LogP contribution in [0.2, 0.25) is 0 Å². The maximum Gasteiger partial charge on any atom is 0.413 e. The van der Waals surface area contributed by atoms with Crippen LogP contribution >= 0.6 is 11.3 Å². The molecule has 5 aromatic rings. The number of carbonyl (C=O) groups is 1. The Labute approximate surface area is 278 Å². The molecule has 1 fully saturated rings. The van der Waals surface area contributed by atoms with Crippen LogP contribution in [-0.2, 0) is 11.3 Å². The first-order chi connectivity index (χ1) is 22.7. The zero-order chi connectivity index (χ0) is 33.1. The molecular weight excluding hydrogens is 614 g/mol. The van der Waals surface area contributed by atoms with Crippen molar-refractivity contribution in [3.8, 4) is 21.7 Å². The van der Waals surface area contributed by atoms with E-state index in [1.165, 1.54) is 45.9 Å². The highest BCUT2D eigenvalue weighted by molar-refractivity contribution is 7.13. The van der Waals surface area contributed by atoms with Gasteiger partial charge in [0.25, 0.3) is 0 Å². The number of aryl methyl sites for hydroxylation is 1. The number of aromatic nitrogens is 3. The van der Waals surface area contributed by atoms with Gasteiger partial charge >= 0.3 is 6.09 Å². The molecule has 0 spiro atoms. The van der Waals surface area contributed by atoms with E-state index in [1.54, 1.807) is 18.2 Å². The van der Waals surface area contributed by atoms with Gasteiger partial charge in [-0.25, -0.2) is 19.2 Å². The summed E-state index contributed by atoms with van der Waals surface area (Å²) in [5, 5.41) is 8.40. The molecule has 9 nitrogen and oxygen atoms in total. The molecule has 1 aliphatic heterocycles.